The van der Waals surface area contributed by atoms with Crippen molar-refractivity contribution in [3.8, 4) is 0 Å². The van der Waals surface area contributed by atoms with Gasteiger partial charge in [-0.3, -0.25) is 0 Å². The molecule has 1 saturated carbocycles. The van der Waals surface area contributed by atoms with Gasteiger partial charge in [0, 0.05) is 19.1 Å². The normalized spacial score (nSPS) is 23.6. The van der Waals surface area contributed by atoms with Crippen LogP contribution >= 0.6 is 0 Å². The van der Waals surface area contributed by atoms with Crippen molar-refractivity contribution in [3.05, 3.63) is 23.9 Å². The third-order valence-electron chi connectivity index (χ3n) is 4.04. The van der Waals surface area contributed by atoms with Gasteiger partial charge in [-0.15, -0.1) is 0 Å². The Morgan fingerprint density at radius 2 is 1.85 bits per heavy atom. The van der Waals surface area contributed by atoms with Crippen molar-refractivity contribution in [1.29, 1.82) is 0 Å². The van der Waals surface area contributed by atoms with Gasteiger partial charge in [-0.05, 0) is 44.9 Å². The number of anilines is 1. The maximum Gasteiger partial charge on any atom is 0.433 e. The lowest BCUT2D eigenvalue weighted by molar-refractivity contribution is -0.141. The Balaban J connectivity index is 2.08. The zero-order chi connectivity index (χ0) is 14.8. The highest BCUT2D eigenvalue weighted by Crippen LogP contribution is 2.30. The average molecular weight is 287 g/mol. The van der Waals surface area contributed by atoms with E-state index in [1.54, 1.807) is 6.07 Å². The first-order chi connectivity index (χ1) is 9.41. The van der Waals surface area contributed by atoms with Crippen LogP contribution in [0, 0.1) is 0 Å². The standard InChI is InChI=1S/C14H20F3N3/c1-18-10-6-8-11(9-7-10)20(2)13-5-3-4-12(19-13)14(15,16)17/h3-5,10-11,18H,6-9H2,1-2H3. The van der Waals surface area contributed by atoms with Crippen LogP contribution in [0.3, 0.4) is 0 Å². The number of hydrogen-bond acceptors (Lipinski definition) is 3. The minimum absolute atomic E-state index is 0.260. The van der Waals surface area contributed by atoms with E-state index in [1.807, 2.05) is 19.0 Å². The van der Waals surface area contributed by atoms with Gasteiger partial charge in [0.1, 0.15) is 11.5 Å². The topological polar surface area (TPSA) is 28.2 Å². The molecule has 0 unspecified atom stereocenters. The molecule has 0 spiro atoms. The molecular formula is C14H20F3N3. The van der Waals surface area contributed by atoms with Gasteiger partial charge in [0.2, 0.25) is 0 Å². The molecule has 3 nitrogen and oxygen atoms in total. The Kier molecular flexibility index (Phi) is 4.52. The zero-order valence-corrected chi connectivity index (χ0v) is 11.7. The number of halogens is 3. The van der Waals surface area contributed by atoms with Crippen LogP contribution < -0.4 is 10.2 Å². The summed E-state index contributed by atoms with van der Waals surface area (Å²) in [6.07, 6.45) is -0.352. The fourth-order valence-electron chi connectivity index (χ4n) is 2.72. The maximum absolute atomic E-state index is 12.7. The molecular weight excluding hydrogens is 267 g/mol. The van der Waals surface area contributed by atoms with Crippen molar-refractivity contribution in [2.24, 2.45) is 0 Å². The summed E-state index contributed by atoms with van der Waals surface area (Å²) in [4.78, 5) is 5.62. The molecule has 0 amide bonds. The Bertz CT molecular complexity index is 440. The second-order valence-electron chi connectivity index (χ2n) is 5.28. The summed E-state index contributed by atoms with van der Waals surface area (Å²) in [6.45, 7) is 0. The van der Waals surface area contributed by atoms with Crippen LogP contribution in [0.1, 0.15) is 31.4 Å². The molecule has 1 fully saturated rings. The van der Waals surface area contributed by atoms with Crippen molar-refractivity contribution in [3.63, 3.8) is 0 Å². The van der Waals surface area contributed by atoms with Crippen molar-refractivity contribution in [1.82, 2.24) is 10.3 Å². The van der Waals surface area contributed by atoms with Crippen LogP contribution in [-0.2, 0) is 6.18 Å². The van der Waals surface area contributed by atoms with E-state index in [1.165, 1.54) is 6.07 Å². The van der Waals surface area contributed by atoms with Crippen molar-refractivity contribution < 1.29 is 13.2 Å². The third kappa shape index (κ3) is 3.42. The van der Waals surface area contributed by atoms with E-state index in [0.717, 1.165) is 31.7 Å². The molecule has 6 heteroatoms. The first kappa shape index (κ1) is 15.1. The molecule has 2 rings (SSSR count). The maximum atomic E-state index is 12.7. The molecule has 0 saturated heterocycles. The molecule has 20 heavy (non-hydrogen) atoms. The lowest BCUT2D eigenvalue weighted by atomic mass is 9.90. The molecule has 1 aliphatic carbocycles. The molecule has 1 aliphatic rings. The molecule has 1 N–H and O–H groups in total. The zero-order valence-electron chi connectivity index (χ0n) is 11.7. The largest absolute Gasteiger partial charge is 0.433 e. The van der Waals surface area contributed by atoms with Crippen LogP contribution in [0.4, 0.5) is 19.0 Å². The summed E-state index contributed by atoms with van der Waals surface area (Å²) < 4.78 is 38.0. The number of alkyl halides is 3. The van der Waals surface area contributed by atoms with Crippen LogP contribution in [-0.4, -0.2) is 31.2 Å². The minimum Gasteiger partial charge on any atom is -0.357 e. The molecule has 0 radical (unpaired) electrons. The fraction of sp³-hybridized carbons (Fsp3) is 0.643. The highest BCUT2D eigenvalue weighted by Gasteiger charge is 2.33. The molecule has 0 aromatic carbocycles. The molecule has 0 bridgehead atoms. The first-order valence-corrected chi connectivity index (χ1v) is 6.86. The third-order valence-corrected chi connectivity index (χ3v) is 4.04. The Morgan fingerprint density at radius 1 is 1.20 bits per heavy atom. The second-order valence-corrected chi connectivity index (χ2v) is 5.28. The van der Waals surface area contributed by atoms with E-state index in [9.17, 15) is 13.2 Å². The molecule has 112 valence electrons. The summed E-state index contributed by atoms with van der Waals surface area (Å²) in [5.74, 6) is 0.396. The van der Waals surface area contributed by atoms with Crippen LogP contribution in [0.25, 0.3) is 0 Å². The van der Waals surface area contributed by atoms with Gasteiger partial charge in [-0.2, -0.15) is 13.2 Å². The number of rotatable bonds is 3. The summed E-state index contributed by atoms with van der Waals surface area (Å²) >= 11 is 0. The van der Waals surface area contributed by atoms with E-state index >= 15 is 0 Å². The summed E-state index contributed by atoms with van der Waals surface area (Å²) in [5, 5.41) is 3.25. The monoisotopic (exact) mass is 287 g/mol. The van der Waals surface area contributed by atoms with Gasteiger partial charge in [-0.25, -0.2) is 4.98 Å². The number of pyridine rings is 1. The molecule has 0 atom stereocenters. The van der Waals surface area contributed by atoms with Crippen LogP contribution in [0.15, 0.2) is 18.2 Å². The summed E-state index contributed by atoms with van der Waals surface area (Å²) in [6, 6.07) is 4.85. The van der Waals surface area contributed by atoms with Crippen LogP contribution in [0.2, 0.25) is 0 Å². The Morgan fingerprint density at radius 3 is 2.40 bits per heavy atom. The molecule has 1 aromatic rings. The predicted molar refractivity (Wildman–Crippen MR) is 72.7 cm³/mol. The van der Waals surface area contributed by atoms with E-state index < -0.39 is 11.9 Å². The summed E-state index contributed by atoms with van der Waals surface area (Å²) in [5.41, 5.74) is -0.828. The van der Waals surface area contributed by atoms with Crippen molar-refractivity contribution in [2.45, 2.75) is 43.9 Å². The Hall–Kier alpha value is -1.30. The predicted octanol–water partition coefficient (Wildman–Crippen LogP) is 3.07. The minimum atomic E-state index is -4.39. The van der Waals surface area contributed by atoms with Crippen molar-refractivity contribution >= 4 is 5.82 Å². The van der Waals surface area contributed by atoms with Gasteiger partial charge in [0.05, 0.1) is 0 Å². The highest BCUT2D eigenvalue weighted by molar-refractivity contribution is 5.40. The number of nitrogens with zero attached hydrogens (tertiary/aromatic N) is 2. The second kappa shape index (κ2) is 5.99. The smallest absolute Gasteiger partial charge is 0.357 e. The number of aromatic nitrogens is 1. The molecule has 1 aromatic heterocycles. The Labute approximate surface area is 117 Å². The quantitative estimate of drug-likeness (QED) is 0.926. The average Bonchev–Trinajstić information content (AvgIpc) is 2.46. The highest BCUT2D eigenvalue weighted by atomic mass is 19.4. The van der Waals surface area contributed by atoms with Gasteiger partial charge < -0.3 is 10.2 Å². The number of nitrogens with one attached hydrogen (secondary N) is 1. The van der Waals surface area contributed by atoms with E-state index in [2.05, 4.69) is 10.3 Å². The molecule has 1 heterocycles. The van der Waals surface area contributed by atoms with E-state index in [4.69, 9.17) is 0 Å². The van der Waals surface area contributed by atoms with Gasteiger partial charge in [0.25, 0.3) is 0 Å². The SMILES string of the molecule is CNC1CCC(N(C)c2cccc(C(F)(F)F)n2)CC1. The lowest BCUT2D eigenvalue weighted by Crippen LogP contribution is -2.40. The van der Waals surface area contributed by atoms with Gasteiger partial charge >= 0.3 is 6.18 Å². The van der Waals surface area contributed by atoms with Crippen LogP contribution in [0.5, 0.6) is 0 Å². The number of hydrogen-bond donors (Lipinski definition) is 1. The first-order valence-electron chi connectivity index (χ1n) is 6.86. The van der Waals surface area contributed by atoms with E-state index in [0.29, 0.717) is 11.9 Å². The lowest BCUT2D eigenvalue weighted by Gasteiger charge is -2.35. The summed E-state index contributed by atoms with van der Waals surface area (Å²) in [7, 11) is 3.77. The van der Waals surface area contributed by atoms with Gasteiger partial charge in [-0.1, -0.05) is 6.07 Å². The van der Waals surface area contributed by atoms with Crippen molar-refractivity contribution in [2.75, 3.05) is 19.0 Å². The fourth-order valence-corrected chi connectivity index (χ4v) is 2.72. The van der Waals surface area contributed by atoms with E-state index in [-0.39, 0.29) is 6.04 Å². The molecule has 0 aliphatic heterocycles. The van der Waals surface area contributed by atoms with Gasteiger partial charge in [0.15, 0.2) is 0 Å².